The van der Waals surface area contributed by atoms with E-state index in [4.69, 9.17) is 16.7 Å². The number of aromatic nitrogens is 1. The van der Waals surface area contributed by atoms with Crippen LogP contribution in [0.25, 0.3) is 10.9 Å². The Hall–Kier alpha value is -2.21. The number of likely N-dealkylation sites (tertiary alicyclic amines) is 1. The number of nitrogens with zero attached hydrogens (tertiary/aromatic N) is 1. The van der Waals surface area contributed by atoms with Crippen LogP contribution in [0.4, 0.5) is 0 Å². The van der Waals surface area contributed by atoms with Crippen LogP contribution in [0.3, 0.4) is 0 Å². The Morgan fingerprint density at radius 1 is 1.24 bits per heavy atom. The van der Waals surface area contributed by atoms with E-state index in [0.29, 0.717) is 11.3 Å². The molecular formula is C27H33ClN2O2S. The van der Waals surface area contributed by atoms with E-state index in [1.54, 1.807) is 11.8 Å². The minimum absolute atomic E-state index is 0.373. The highest BCUT2D eigenvalue weighted by Gasteiger charge is 2.25. The third-order valence-electron chi connectivity index (χ3n) is 5.65. The van der Waals surface area contributed by atoms with Crippen molar-refractivity contribution in [1.82, 2.24) is 9.88 Å². The number of halogens is 1. The second-order valence-electron chi connectivity index (χ2n) is 9.64. The van der Waals surface area contributed by atoms with Gasteiger partial charge in [-0.15, -0.1) is 0 Å². The highest BCUT2D eigenvalue weighted by Crippen LogP contribution is 2.38. The van der Waals surface area contributed by atoms with Gasteiger partial charge < -0.3 is 15.0 Å². The molecule has 1 saturated heterocycles. The molecule has 33 heavy (non-hydrogen) atoms. The standard InChI is InChI=1S/C24H29ClN2S.C3H4O2/c1-24(2,3)16-27-12-10-17(11-13-27)20-15-26-22-9-8-18(14-19(20)22)28-23-7-5-4-6-21(23)25;1-2-3(4)5/h4-9,14-15,17,26H,10-13,16H2,1-3H3;2H,1H2,(H,4,5). The molecule has 4 rings (SSSR count). The molecule has 0 bridgehead atoms. The van der Waals surface area contributed by atoms with Crippen molar-refractivity contribution < 1.29 is 9.90 Å². The van der Waals surface area contributed by atoms with E-state index in [9.17, 15) is 4.79 Å². The number of carbonyl (C=O) groups is 1. The molecule has 0 spiro atoms. The number of aromatic amines is 1. The molecule has 176 valence electrons. The molecule has 6 heteroatoms. The number of piperidine rings is 1. The molecule has 4 nitrogen and oxygen atoms in total. The summed E-state index contributed by atoms with van der Waals surface area (Å²) in [4.78, 5) is 17.7. The van der Waals surface area contributed by atoms with Crippen LogP contribution in [0.2, 0.25) is 5.02 Å². The predicted molar refractivity (Wildman–Crippen MR) is 140 cm³/mol. The average molecular weight is 485 g/mol. The molecular weight excluding hydrogens is 452 g/mol. The Morgan fingerprint density at radius 3 is 2.52 bits per heavy atom. The summed E-state index contributed by atoms with van der Waals surface area (Å²) in [5.41, 5.74) is 3.08. The first-order valence-corrected chi connectivity index (χ1v) is 12.5. The van der Waals surface area contributed by atoms with Crippen LogP contribution in [0, 0.1) is 5.41 Å². The van der Waals surface area contributed by atoms with Gasteiger partial charge in [-0.2, -0.15) is 0 Å². The number of benzene rings is 2. The van der Waals surface area contributed by atoms with Gasteiger partial charge in [0.25, 0.3) is 0 Å². The Labute approximate surface area is 206 Å². The van der Waals surface area contributed by atoms with E-state index in [-0.39, 0.29) is 0 Å². The summed E-state index contributed by atoms with van der Waals surface area (Å²) in [5, 5.41) is 9.78. The van der Waals surface area contributed by atoms with Crippen molar-refractivity contribution in [2.75, 3.05) is 19.6 Å². The minimum atomic E-state index is -0.981. The maximum atomic E-state index is 9.25. The second kappa shape index (κ2) is 11.3. The zero-order valence-electron chi connectivity index (χ0n) is 19.6. The Bertz CT molecular complexity index is 1090. The van der Waals surface area contributed by atoms with Crippen molar-refractivity contribution in [2.45, 2.75) is 49.3 Å². The molecule has 2 N–H and O–H groups in total. The van der Waals surface area contributed by atoms with Crippen LogP contribution in [-0.4, -0.2) is 40.6 Å². The molecule has 1 aliphatic rings. The zero-order valence-corrected chi connectivity index (χ0v) is 21.2. The molecule has 3 aromatic rings. The van der Waals surface area contributed by atoms with Gasteiger partial charge in [0.1, 0.15) is 0 Å². The zero-order chi connectivity index (χ0) is 24.0. The first kappa shape index (κ1) is 25.4. The molecule has 1 aromatic heterocycles. The maximum absolute atomic E-state index is 9.25. The fourth-order valence-electron chi connectivity index (χ4n) is 4.25. The lowest BCUT2D eigenvalue weighted by molar-refractivity contribution is -0.131. The first-order valence-electron chi connectivity index (χ1n) is 11.3. The van der Waals surface area contributed by atoms with E-state index in [0.717, 1.165) is 16.0 Å². The van der Waals surface area contributed by atoms with Gasteiger partial charge in [-0.25, -0.2) is 4.79 Å². The average Bonchev–Trinajstić information content (AvgIpc) is 3.18. The van der Waals surface area contributed by atoms with Gasteiger partial charge in [0.15, 0.2) is 0 Å². The Balaban J connectivity index is 0.000000555. The molecule has 0 amide bonds. The fourth-order valence-corrected chi connectivity index (χ4v) is 5.38. The summed E-state index contributed by atoms with van der Waals surface area (Å²) in [7, 11) is 0. The van der Waals surface area contributed by atoms with Crippen LogP contribution in [0.5, 0.6) is 0 Å². The Kier molecular flexibility index (Phi) is 8.69. The van der Waals surface area contributed by atoms with Gasteiger partial charge >= 0.3 is 5.97 Å². The SMILES string of the molecule is C=CC(=O)O.CC(C)(C)CN1CCC(c2c[nH]c3ccc(Sc4ccccc4Cl)cc23)CC1. The first-order chi connectivity index (χ1) is 15.7. The summed E-state index contributed by atoms with van der Waals surface area (Å²) < 4.78 is 0. The number of hydrogen-bond acceptors (Lipinski definition) is 3. The van der Waals surface area contributed by atoms with Crippen LogP contribution in [0.1, 0.15) is 45.1 Å². The summed E-state index contributed by atoms with van der Waals surface area (Å²) >= 11 is 8.09. The molecule has 0 radical (unpaired) electrons. The van der Waals surface area contributed by atoms with Gasteiger partial charge in [0.2, 0.25) is 0 Å². The number of nitrogens with one attached hydrogen (secondary N) is 1. The lowest BCUT2D eigenvalue weighted by Crippen LogP contribution is -2.38. The van der Waals surface area contributed by atoms with Crippen molar-refractivity contribution in [1.29, 1.82) is 0 Å². The van der Waals surface area contributed by atoms with E-state index in [1.807, 2.05) is 18.2 Å². The van der Waals surface area contributed by atoms with E-state index >= 15 is 0 Å². The molecule has 0 atom stereocenters. The lowest BCUT2D eigenvalue weighted by Gasteiger charge is -2.36. The van der Waals surface area contributed by atoms with Gasteiger partial charge in [-0.05, 0) is 73.2 Å². The van der Waals surface area contributed by atoms with E-state index in [1.165, 1.54) is 53.8 Å². The predicted octanol–water partition coefficient (Wildman–Crippen LogP) is 7.46. The summed E-state index contributed by atoms with van der Waals surface area (Å²) in [6.45, 7) is 13.5. The number of rotatable bonds is 5. The number of aliphatic carboxylic acids is 1. The summed E-state index contributed by atoms with van der Waals surface area (Å²) in [6, 6.07) is 14.8. The summed E-state index contributed by atoms with van der Waals surface area (Å²) in [5.74, 6) is -0.337. The van der Waals surface area contributed by atoms with Crippen molar-refractivity contribution in [3.05, 3.63) is 71.9 Å². The van der Waals surface area contributed by atoms with Crippen LogP contribution < -0.4 is 0 Å². The largest absolute Gasteiger partial charge is 0.478 e. The quantitative estimate of drug-likeness (QED) is 0.369. The molecule has 0 saturated carbocycles. The van der Waals surface area contributed by atoms with Gasteiger partial charge in [0.05, 0.1) is 5.02 Å². The number of carboxylic acid groups (broad SMARTS) is 1. The molecule has 0 aliphatic carbocycles. The van der Waals surface area contributed by atoms with E-state index < -0.39 is 5.97 Å². The highest BCUT2D eigenvalue weighted by atomic mass is 35.5. The number of hydrogen-bond donors (Lipinski definition) is 2. The highest BCUT2D eigenvalue weighted by molar-refractivity contribution is 7.99. The smallest absolute Gasteiger partial charge is 0.327 e. The normalized spacial score (nSPS) is 15.2. The van der Waals surface area contributed by atoms with E-state index in [2.05, 4.69) is 67.7 Å². The summed E-state index contributed by atoms with van der Waals surface area (Å²) in [6.07, 6.45) is 5.55. The Morgan fingerprint density at radius 2 is 1.91 bits per heavy atom. The molecule has 1 fully saturated rings. The number of H-pyrrole nitrogens is 1. The van der Waals surface area contributed by atoms with Crippen molar-refractivity contribution >= 4 is 40.2 Å². The molecule has 2 heterocycles. The fraction of sp³-hybridized carbons (Fsp3) is 0.370. The van der Waals surface area contributed by atoms with Crippen LogP contribution in [-0.2, 0) is 4.79 Å². The third kappa shape index (κ3) is 7.39. The van der Waals surface area contributed by atoms with Crippen LogP contribution in [0.15, 0.2) is 71.1 Å². The molecule has 0 unspecified atom stereocenters. The van der Waals surface area contributed by atoms with Gasteiger partial charge in [-0.1, -0.05) is 62.8 Å². The topological polar surface area (TPSA) is 56.3 Å². The number of carboxylic acids is 1. The molecule has 1 aliphatic heterocycles. The monoisotopic (exact) mass is 484 g/mol. The van der Waals surface area contributed by atoms with Crippen molar-refractivity contribution in [2.24, 2.45) is 5.41 Å². The van der Waals surface area contributed by atoms with Crippen molar-refractivity contribution in [3.8, 4) is 0 Å². The van der Waals surface area contributed by atoms with Crippen LogP contribution >= 0.6 is 23.4 Å². The van der Waals surface area contributed by atoms with Gasteiger partial charge in [-0.3, -0.25) is 0 Å². The third-order valence-corrected chi connectivity index (χ3v) is 7.16. The molecule has 2 aromatic carbocycles. The van der Waals surface area contributed by atoms with Gasteiger partial charge in [0, 0.05) is 39.5 Å². The lowest BCUT2D eigenvalue weighted by atomic mass is 9.87. The second-order valence-corrected chi connectivity index (χ2v) is 11.2. The minimum Gasteiger partial charge on any atom is -0.478 e. The maximum Gasteiger partial charge on any atom is 0.327 e. The number of fused-ring (bicyclic) bond motifs is 1. The van der Waals surface area contributed by atoms with Crippen molar-refractivity contribution in [3.63, 3.8) is 0 Å².